The zero-order valence-electron chi connectivity index (χ0n) is 22.6. The monoisotopic (exact) mass is 509 g/mol. The Morgan fingerprint density at radius 1 is 1.11 bits per heavy atom. The lowest BCUT2D eigenvalue weighted by Gasteiger charge is -2.39. The second-order valence-corrected chi connectivity index (χ2v) is 14.2. The molecule has 3 amide bonds. The van der Waals surface area contributed by atoms with Gasteiger partial charge in [0.1, 0.15) is 6.04 Å². The third kappa shape index (κ3) is 6.00. The molecule has 8 heteroatoms. The van der Waals surface area contributed by atoms with Crippen LogP contribution in [-0.4, -0.2) is 69.0 Å². The minimum atomic E-state index is -0.545. The first-order valence-corrected chi connectivity index (χ1v) is 14.4. The maximum absolute atomic E-state index is 14.0. The normalized spacial score (nSPS) is 30.0. The van der Waals surface area contributed by atoms with Crippen molar-refractivity contribution >= 4 is 29.5 Å². The van der Waals surface area contributed by atoms with Gasteiger partial charge in [0.2, 0.25) is 17.7 Å². The number of aliphatic hydroxyl groups excluding tert-OH is 1. The molecule has 2 bridgehead atoms. The van der Waals surface area contributed by atoms with E-state index in [9.17, 15) is 14.4 Å². The smallest absolute Gasteiger partial charge is 0.244 e. The van der Waals surface area contributed by atoms with Crippen molar-refractivity contribution in [1.82, 2.24) is 15.5 Å². The van der Waals surface area contributed by atoms with Crippen molar-refractivity contribution in [2.75, 3.05) is 19.7 Å². The molecule has 3 rings (SSSR count). The molecule has 3 aliphatic heterocycles. The van der Waals surface area contributed by atoms with E-state index in [1.54, 1.807) is 16.7 Å². The van der Waals surface area contributed by atoms with Crippen LogP contribution in [0.2, 0.25) is 0 Å². The van der Waals surface area contributed by atoms with Gasteiger partial charge in [0.15, 0.2) is 0 Å². The summed E-state index contributed by atoms with van der Waals surface area (Å²) in [5.74, 6) is -0.908. The van der Waals surface area contributed by atoms with Gasteiger partial charge in [-0.05, 0) is 57.8 Å². The topological polar surface area (TPSA) is 98.7 Å². The maximum Gasteiger partial charge on any atom is 0.244 e. The number of nitrogens with one attached hydrogen (secondary N) is 2. The van der Waals surface area contributed by atoms with E-state index < -0.39 is 22.2 Å². The number of amides is 3. The van der Waals surface area contributed by atoms with Crippen LogP contribution in [0.3, 0.4) is 0 Å². The molecule has 3 N–H and O–H groups in total. The Labute approximate surface area is 215 Å². The van der Waals surface area contributed by atoms with Crippen LogP contribution < -0.4 is 10.6 Å². The maximum atomic E-state index is 14.0. The molecule has 0 aromatic rings. The molecular weight excluding hydrogens is 462 g/mol. The summed E-state index contributed by atoms with van der Waals surface area (Å²) in [6.45, 7) is 14.0. The summed E-state index contributed by atoms with van der Waals surface area (Å²) in [5, 5.41) is 15.5. The van der Waals surface area contributed by atoms with Gasteiger partial charge >= 0.3 is 0 Å². The molecule has 5 atom stereocenters. The lowest BCUT2D eigenvalue weighted by molar-refractivity contribution is -0.140. The van der Waals surface area contributed by atoms with E-state index in [-0.39, 0.29) is 40.9 Å². The van der Waals surface area contributed by atoms with Crippen molar-refractivity contribution in [1.29, 1.82) is 0 Å². The Bertz CT molecular complexity index is 796. The largest absolute Gasteiger partial charge is 0.396 e. The van der Waals surface area contributed by atoms with Gasteiger partial charge in [0.25, 0.3) is 0 Å². The summed E-state index contributed by atoms with van der Waals surface area (Å²) in [7, 11) is 0. The fraction of sp³-hybridized carbons (Fsp3) is 0.889. The molecule has 0 radical (unpaired) electrons. The minimum absolute atomic E-state index is 0.0210. The predicted molar refractivity (Wildman–Crippen MR) is 141 cm³/mol. The van der Waals surface area contributed by atoms with Gasteiger partial charge in [-0.3, -0.25) is 14.4 Å². The molecule has 3 heterocycles. The molecule has 35 heavy (non-hydrogen) atoms. The standard InChI is InChI=1S/C27H47N3O4S/c1-7-14-28-22(32)19-18-12-13-27(35-18)20(19)24(34)30(15-10-8-9-11-16-31)21(27)23(33)29-26(5,6)17-25(2,3)4/h18-21,31H,7-17H2,1-6H3,(H,28,32)(H,29,33)/t18-,19+,20+,21?,27?/m1/s1. The van der Waals surface area contributed by atoms with Crippen LogP contribution in [0.15, 0.2) is 0 Å². The van der Waals surface area contributed by atoms with E-state index in [0.29, 0.717) is 13.1 Å². The van der Waals surface area contributed by atoms with E-state index >= 15 is 0 Å². The van der Waals surface area contributed by atoms with Gasteiger partial charge in [0.05, 0.1) is 16.6 Å². The van der Waals surface area contributed by atoms with E-state index in [0.717, 1.165) is 51.4 Å². The average molecular weight is 510 g/mol. The molecule has 0 aromatic heterocycles. The highest BCUT2D eigenvalue weighted by atomic mass is 32.2. The second kappa shape index (κ2) is 11.0. The third-order valence-electron chi connectivity index (χ3n) is 7.64. The van der Waals surface area contributed by atoms with E-state index in [4.69, 9.17) is 5.11 Å². The van der Waals surface area contributed by atoms with E-state index in [1.165, 1.54) is 0 Å². The summed E-state index contributed by atoms with van der Waals surface area (Å²) >= 11 is 1.73. The lowest BCUT2D eigenvalue weighted by Crippen LogP contribution is -2.58. The zero-order valence-corrected chi connectivity index (χ0v) is 23.4. The molecule has 0 aliphatic carbocycles. The van der Waals surface area contributed by atoms with Gasteiger partial charge in [-0.15, -0.1) is 11.8 Å². The first-order valence-electron chi connectivity index (χ1n) is 13.6. The van der Waals surface area contributed by atoms with Crippen molar-refractivity contribution in [2.45, 2.75) is 114 Å². The van der Waals surface area contributed by atoms with Crippen molar-refractivity contribution in [3.63, 3.8) is 0 Å². The average Bonchev–Trinajstić information content (AvgIpc) is 3.37. The minimum Gasteiger partial charge on any atom is -0.396 e. The number of unbranched alkanes of at least 4 members (excludes halogenated alkanes) is 3. The molecule has 3 aliphatic rings. The van der Waals surface area contributed by atoms with E-state index in [2.05, 4.69) is 45.3 Å². The number of aliphatic hydroxyl groups is 1. The molecule has 1 spiro atoms. The Morgan fingerprint density at radius 3 is 2.43 bits per heavy atom. The molecule has 2 unspecified atom stereocenters. The number of hydrogen-bond donors (Lipinski definition) is 3. The number of rotatable bonds is 12. The highest BCUT2D eigenvalue weighted by Gasteiger charge is 2.73. The summed E-state index contributed by atoms with van der Waals surface area (Å²) in [6, 6.07) is -0.545. The molecule has 7 nitrogen and oxygen atoms in total. The summed E-state index contributed by atoms with van der Waals surface area (Å²) < 4.78 is -0.525. The van der Waals surface area contributed by atoms with Crippen LogP contribution in [0.5, 0.6) is 0 Å². The number of fused-ring (bicyclic) bond motifs is 1. The first-order chi connectivity index (χ1) is 16.4. The summed E-state index contributed by atoms with van der Waals surface area (Å²) in [5.41, 5.74) is -0.350. The quantitative estimate of drug-likeness (QED) is 0.350. The Balaban J connectivity index is 1.87. The number of thioether (sulfide) groups is 1. The van der Waals surface area contributed by atoms with Crippen LogP contribution >= 0.6 is 11.8 Å². The Hall–Kier alpha value is -1.28. The molecule has 3 saturated heterocycles. The molecular formula is C27H47N3O4S. The SMILES string of the molecule is CCCNC(=O)[C@@H]1[C@H]2C(=O)N(CCCCCCO)C(C(=O)NC(C)(C)CC(C)(C)C)C23CC[C@H]1S3. The van der Waals surface area contributed by atoms with Crippen molar-refractivity contribution < 1.29 is 19.5 Å². The van der Waals surface area contributed by atoms with Gasteiger partial charge in [-0.25, -0.2) is 0 Å². The summed E-state index contributed by atoms with van der Waals surface area (Å²) in [4.78, 5) is 42.8. The van der Waals surface area contributed by atoms with Crippen LogP contribution in [-0.2, 0) is 14.4 Å². The van der Waals surface area contributed by atoms with Crippen molar-refractivity contribution in [2.24, 2.45) is 17.3 Å². The number of hydrogen-bond acceptors (Lipinski definition) is 5. The van der Waals surface area contributed by atoms with Crippen LogP contribution in [0.25, 0.3) is 0 Å². The Kier molecular flexibility index (Phi) is 8.89. The van der Waals surface area contributed by atoms with Crippen LogP contribution in [0, 0.1) is 17.3 Å². The highest BCUT2D eigenvalue weighted by Crippen LogP contribution is 2.66. The van der Waals surface area contributed by atoms with E-state index in [1.807, 2.05) is 6.92 Å². The number of carbonyl (C=O) groups is 3. The Morgan fingerprint density at radius 2 is 1.80 bits per heavy atom. The number of likely N-dealkylation sites (tertiary alicyclic amines) is 1. The molecule has 0 saturated carbocycles. The van der Waals surface area contributed by atoms with Gasteiger partial charge < -0.3 is 20.6 Å². The molecule has 200 valence electrons. The zero-order chi connectivity index (χ0) is 26.0. The first kappa shape index (κ1) is 28.3. The van der Waals surface area contributed by atoms with Crippen LogP contribution in [0.4, 0.5) is 0 Å². The van der Waals surface area contributed by atoms with Gasteiger partial charge in [0, 0.05) is 30.5 Å². The molecule has 3 fully saturated rings. The van der Waals surface area contributed by atoms with Crippen molar-refractivity contribution in [3.05, 3.63) is 0 Å². The van der Waals surface area contributed by atoms with Crippen LogP contribution in [0.1, 0.15) is 92.9 Å². The summed E-state index contributed by atoms with van der Waals surface area (Å²) in [6.07, 6.45) is 6.71. The lowest BCUT2D eigenvalue weighted by atomic mass is 9.70. The fourth-order valence-corrected chi connectivity index (χ4v) is 9.10. The number of carbonyl (C=O) groups excluding carboxylic acids is 3. The predicted octanol–water partition coefficient (Wildman–Crippen LogP) is 3.49. The third-order valence-corrected chi connectivity index (χ3v) is 9.59. The van der Waals surface area contributed by atoms with Crippen molar-refractivity contribution in [3.8, 4) is 0 Å². The van der Waals surface area contributed by atoms with Gasteiger partial charge in [-0.2, -0.15) is 0 Å². The molecule has 0 aromatic carbocycles. The van der Waals surface area contributed by atoms with Gasteiger partial charge in [-0.1, -0.05) is 40.5 Å². The highest BCUT2D eigenvalue weighted by molar-refractivity contribution is 8.02. The second-order valence-electron chi connectivity index (χ2n) is 12.6. The number of nitrogens with zero attached hydrogens (tertiary/aromatic N) is 1. The fourth-order valence-electron chi connectivity index (χ4n) is 6.88.